The molecule has 1 rings (SSSR count). The van der Waals surface area contributed by atoms with Gasteiger partial charge in [-0.15, -0.1) is 0 Å². The van der Waals surface area contributed by atoms with E-state index < -0.39 is 30.9 Å². The van der Waals surface area contributed by atoms with Crippen LogP contribution in [0.2, 0.25) is 0 Å². The summed E-state index contributed by atoms with van der Waals surface area (Å²) in [5, 5.41) is 13.6. The minimum Gasteiger partial charge on any atom is -0.383 e. The van der Waals surface area contributed by atoms with Crippen LogP contribution in [-0.4, -0.2) is 38.6 Å². The van der Waals surface area contributed by atoms with Gasteiger partial charge in [0.05, 0.1) is 16.4 Å². The maximum atomic E-state index is 12.5. The van der Waals surface area contributed by atoms with Crippen molar-refractivity contribution in [2.45, 2.75) is 23.4 Å². The monoisotopic (exact) mass is 342 g/mol. The third-order valence-corrected chi connectivity index (χ3v) is 4.08. The number of rotatable bonds is 6. The molecule has 0 amide bonds. The molecule has 0 bridgehead atoms. The van der Waals surface area contributed by atoms with Gasteiger partial charge in [-0.2, -0.15) is 13.2 Å². The average molecular weight is 342 g/mol. The second kappa shape index (κ2) is 6.48. The summed E-state index contributed by atoms with van der Waals surface area (Å²) in [6.07, 6.45) is 0. The lowest BCUT2D eigenvalue weighted by Gasteiger charge is -2.15. The number of nitro benzene ring substituents is 1. The van der Waals surface area contributed by atoms with Crippen LogP contribution in [-0.2, 0) is 14.6 Å². The maximum Gasteiger partial charge on any atom is 0.501 e. The van der Waals surface area contributed by atoms with Gasteiger partial charge in [0.25, 0.3) is 15.5 Å². The van der Waals surface area contributed by atoms with Crippen LogP contribution >= 0.6 is 0 Å². The van der Waals surface area contributed by atoms with Crippen LogP contribution in [0.5, 0.6) is 0 Å². The second-order valence-electron chi connectivity index (χ2n) is 4.39. The van der Waals surface area contributed by atoms with E-state index in [1.165, 1.54) is 7.11 Å². The molecule has 1 N–H and O–H groups in total. The van der Waals surface area contributed by atoms with Crippen LogP contribution in [0.4, 0.5) is 24.5 Å². The highest BCUT2D eigenvalue weighted by atomic mass is 32.2. The molecule has 7 nitrogen and oxygen atoms in total. The quantitative estimate of drug-likeness (QED) is 0.629. The Bertz CT molecular complexity index is 660. The molecule has 1 aromatic rings. The number of halogens is 3. The van der Waals surface area contributed by atoms with E-state index in [0.29, 0.717) is 12.1 Å². The predicted molar refractivity (Wildman–Crippen MR) is 71.3 cm³/mol. The zero-order valence-electron chi connectivity index (χ0n) is 11.5. The highest BCUT2D eigenvalue weighted by molar-refractivity contribution is 7.92. The SMILES string of the molecule is COCC(C)Nc1ccc(S(=O)(=O)C(F)(F)F)cc1[N+](=O)[O-]. The third-order valence-electron chi connectivity index (χ3n) is 2.60. The fraction of sp³-hybridized carbons (Fsp3) is 0.455. The molecule has 0 saturated heterocycles. The van der Waals surface area contributed by atoms with E-state index in [1.54, 1.807) is 6.92 Å². The molecule has 0 aromatic heterocycles. The topological polar surface area (TPSA) is 98.5 Å². The zero-order valence-corrected chi connectivity index (χ0v) is 12.4. The lowest BCUT2D eigenvalue weighted by molar-refractivity contribution is -0.384. The molecule has 1 atom stereocenters. The van der Waals surface area contributed by atoms with Crippen LogP contribution in [0.25, 0.3) is 0 Å². The number of methoxy groups -OCH3 is 1. The van der Waals surface area contributed by atoms with Gasteiger partial charge in [0.1, 0.15) is 5.69 Å². The molecule has 124 valence electrons. The van der Waals surface area contributed by atoms with E-state index in [2.05, 4.69) is 5.32 Å². The minimum atomic E-state index is -5.64. The van der Waals surface area contributed by atoms with E-state index in [0.717, 1.165) is 6.07 Å². The molecule has 0 aliphatic rings. The number of alkyl halides is 3. The van der Waals surface area contributed by atoms with Crippen LogP contribution in [0.15, 0.2) is 23.1 Å². The number of anilines is 1. The summed E-state index contributed by atoms with van der Waals surface area (Å²) in [6.45, 7) is 1.83. The molecule has 0 fully saturated rings. The first-order valence-corrected chi connectivity index (χ1v) is 7.34. The maximum absolute atomic E-state index is 12.5. The summed E-state index contributed by atoms with van der Waals surface area (Å²) >= 11 is 0. The van der Waals surface area contributed by atoms with Gasteiger partial charge in [-0.3, -0.25) is 10.1 Å². The molecule has 1 aromatic carbocycles. The van der Waals surface area contributed by atoms with Gasteiger partial charge in [-0.05, 0) is 19.1 Å². The molecule has 0 aliphatic heterocycles. The molecule has 0 aliphatic carbocycles. The van der Waals surface area contributed by atoms with Crippen molar-refractivity contribution in [1.82, 2.24) is 0 Å². The van der Waals surface area contributed by atoms with E-state index in [1.807, 2.05) is 0 Å². The van der Waals surface area contributed by atoms with Crippen LogP contribution in [0.3, 0.4) is 0 Å². The Hall–Kier alpha value is -1.88. The average Bonchev–Trinajstić information content (AvgIpc) is 2.37. The summed E-state index contributed by atoms with van der Waals surface area (Å²) < 4.78 is 64.8. The van der Waals surface area contributed by atoms with E-state index in [4.69, 9.17) is 4.74 Å². The van der Waals surface area contributed by atoms with Crippen molar-refractivity contribution in [1.29, 1.82) is 0 Å². The lowest BCUT2D eigenvalue weighted by Crippen LogP contribution is -2.24. The first-order chi connectivity index (χ1) is 10.0. The fourth-order valence-electron chi connectivity index (χ4n) is 1.64. The number of benzene rings is 1. The second-order valence-corrected chi connectivity index (χ2v) is 6.33. The molecular formula is C11H13F3N2O5S. The van der Waals surface area contributed by atoms with Crippen molar-refractivity contribution in [3.8, 4) is 0 Å². The number of sulfone groups is 1. The molecule has 0 radical (unpaired) electrons. The van der Waals surface area contributed by atoms with Crippen molar-refractivity contribution in [2.75, 3.05) is 19.0 Å². The first-order valence-electron chi connectivity index (χ1n) is 5.86. The van der Waals surface area contributed by atoms with Crippen molar-refractivity contribution in [2.24, 2.45) is 0 Å². The van der Waals surface area contributed by atoms with Gasteiger partial charge >= 0.3 is 5.51 Å². The molecular weight excluding hydrogens is 329 g/mol. The third kappa shape index (κ3) is 3.85. The van der Waals surface area contributed by atoms with Gasteiger partial charge < -0.3 is 10.1 Å². The summed E-state index contributed by atoms with van der Waals surface area (Å²) in [5.41, 5.74) is -6.40. The number of nitrogens with one attached hydrogen (secondary N) is 1. The van der Waals surface area contributed by atoms with Crippen molar-refractivity contribution < 1.29 is 31.2 Å². The van der Waals surface area contributed by atoms with Gasteiger partial charge in [-0.1, -0.05) is 0 Å². The Morgan fingerprint density at radius 2 is 2.00 bits per heavy atom. The van der Waals surface area contributed by atoms with Crippen molar-refractivity contribution >= 4 is 21.2 Å². The Morgan fingerprint density at radius 1 is 1.41 bits per heavy atom. The highest BCUT2D eigenvalue weighted by Crippen LogP contribution is 2.34. The standard InChI is InChI=1S/C11H13F3N2O5S/c1-7(6-21-2)15-9-4-3-8(5-10(9)16(17)18)22(19,20)11(12,13)14/h3-5,7,15H,6H2,1-2H3. The molecule has 0 spiro atoms. The van der Waals surface area contributed by atoms with Gasteiger partial charge in [-0.25, -0.2) is 8.42 Å². The van der Waals surface area contributed by atoms with Crippen LogP contribution < -0.4 is 5.32 Å². The minimum absolute atomic E-state index is 0.101. The zero-order chi connectivity index (χ0) is 17.1. The van der Waals surface area contributed by atoms with E-state index >= 15 is 0 Å². The number of hydrogen-bond donors (Lipinski definition) is 1. The number of nitrogens with zero attached hydrogens (tertiary/aromatic N) is 1. The molecule has 1 unspecified atom stereocenters. The Labute approximate surface area is 124 Å². The normalized spacial score (nSPS) is 13.7. The number of ether oxygens (including phenoxy) is 1. The molecule has 0 heterocycles. The number of nitro groups is 1. The molecule has 22 heavy (non-hydrogen) atoms. The Kier molecular flexibility index (Phi) is 5.35. The predicted octanol–water partition coefficient (Wildman–Crippen LogP) is 2.34. The molecule has 11 heteroatoms. The number of hydrogen-bond acceptors (Lipinski definition) is 6. The summed E-state index contributed by atoms with van der Waals surface area (Å²) in [7, 11) is -4.24. The van der Waals surface area contributed by atoms with E-state index in [-0.39, 0.29) is 18.3 Å². The summed E-state index contributed by atoms with van der Waals surface area (Å²) in [5.74, 6) is 0. The van der Waals surface area contributed by atoms with Crippen molar-refractivity contribution in [3.05, 3.63) is 28.3 Å². The van der Waals surface area contributed by atoms with Gasteiger partial charge in [0.2, 0.25) is 0 Å². The van der Waals surface area contributed by atoms with Crippen LogP contribution in [0.1, 0.15) is 6.92 Å². The highest BCUT2D eigenvalue weighted by Gasteiger charge is 2.47. The summed E-state index contributed by atoms with van der Waals surface area (Å²) in [4.78, 5) is 8.80. The van der Waals surface area contributed by atoms with E-state index in [9.17, 15) is 31.7 Å². The largest absolute Gasteiger partial charge is 0.501 e. The van der Waals surface area contributed by atoms with Crippen molar-refractivity contribution in [3.63, 3.8) is 0 Å². The smallest absolute Gasteiger partial charge is 0.383 e. The van der Waals surface area contributed by atoms with Gasteiger partial charge in [0, 0.05) is 19.2 Å². The Balaban J connectivity index is 3.30. The lowest BCUT2D eigenvalue weighted by atomic mass is 10.2. The van der Waals surface area contributed by atoms with Crippen LogP contribution in [0, 0.1) is 10.1 Å². The van der Waals surface area contributed by atoms with Gasteiger partial charge in [0.15, 0.2) is 0 Å². The molecule has 0 saturated carbocycles. The first kappa shape index (κ1) is 18.2. The fourth-order valence-corrected chi connectivity index (χ4v) is 2.42. The Morgan fingerprint density at radius 3 is 2.45 bits per heavy atom. The summed E-state index contributed by atoms with van der Waals surface area (Å²) in [6, 6.07) is 1.60.